The molecule has 2 aromatic rings. The van der Waals surface area contributed by atoms with E-state index >= 15 is 0 Å². The Hall–Kier alpha value is -3.36. The predicted molar refractivity (Wildman–Crippen MR) is 96.7 cm³/mol. The van der Waals surface area contributed by atoms with Gasteiger partial charge in [0.05, 0.1) is 0 Å². The van der Waals surface area contributed by atoms with Crippen LogP contribution in [0.5, 0.6) is 0 Å². The number of halogens is 2. The number of rotatable bonds is 3. The smallest absolute Gasteiger partial charge is 0.272 e. The zero-order valence-corrected chi connectivity index (χ0v) is 15.1. The Kier molecular flexibility index (Phi) is 5.62. The average Bonchev–Trinajstić information content (AvgIpc) is 2.70. The van der Waals surface area contributed by atoms with Gasteiger partial charge in [0.2, 0.25) is 5.91 Å². The van der Waals surface area contributed by atoms with E-state index < -0.39 is 17.5 Å². The van der Waals surface area contributed by atoms with Crippen molar-refractivity contribution in [3.05, 3.63) is 59.4 Å². The summed E-state index contributed by atoms with van der Waals surface area (Å²) in [6, 6.07) is 5.77. The lowest BCUT2D eigenvalue weighted by Gasteiger charge is -2.34. The topological polar surface area (TPSA) is 82.6 Å². The molecular weight excluding hydrogens is 370 g/mol. The Morgan fingerprint density at radius 3 is 2.29 bits per heavy atom. The quantitative estimate of drug-likeness (QED) is 0.871. The molecular formula is C19H18F2N4O3. The first-order chi connectivity index (χ1) is 13.3. The van der Waals surface area contributed by atoms with Gasteiger partial charge in [0.1, 0.15) is 5.69 Å². The van der Waals surface area contributed by atoms with Crippen molar-refractivity contribution in [3.8, 4) is 0 Å². The molecule has 0 saturated carbocycles. The van der Waals surface area contributed by atoms with Crippen LogP contribution in [0.15, 0.2) is 36.5 Å². The summed E-state index contributed by atoms with van der Waals surface area (Å²) in [7, 11) is 0. The third-order valence-corrected chi connectivity index (χ3v) is 4.43. The van der Waals surface area contributed by atoms with E-state index in [4.69, 9.17) is 0 Å². The van der Waals surface area contributed by atoms with Crippen LogP contribution < -0.4 is 5.32 Å². The maximum Gasteiger partial charge on any atom is 0.272 e. The lowest BCUT2D eigenvalue weighted by molar-refractivity contribution is -0.130. The van der Waals surface area contributed by atoms with Crippen LogP contribution >= 0.6 is 0 Å². The van der Waals surface area contributed by atoms with Gasteiger partial charge in [-0.25, -0.2) is 8.78 Å². The summed E-state index contributed by atoms with van der Waals surface area (Å²) >= 11 is 0. The molecule has 7 nitrogen and oxygen atoms in total. The first kappa shape index (κ1) is 19.4. The van der Waals surface area contributed by atoms with Crippen LogP contribution in [0.25, 0.3) is 0 Å². The van der Waals surface area contributed by atoms with Crippen molar-refractivity contribution in [1.82, 2.24) is 14.8 Å². The molecule has 0 unspecified atom stereocenters. The molecule has 0 atom stereocenters. The maximum absolute atomic E-state index is 13.3. The molecule has 3 amide bonds. The summed E-state index contributed by atoms with van der Waals surface area (Å²) in [4.78, 5) is 43.6. The Morgan fingerprint density at radius 1 is 0.964 bits per heavy atom. The van der Waals surface area contributed by atoms with E-state index in [1.54, 1.807) is 9.80 Å². The van der Waals surface area contributed by atoms with Crippen molar-refractivity contribution in [3.63, 3.8) is 0 Å². The minimum absolute atomic E-state index is 0.0406. The summed E-state index contributed by atoms with van der Waals surface area (Å²) in [5, 5.41) is 2.45. The second-order valence-corrected chi connectivity index (χ2v) is 6.31. The molecule has 9 heteroatoms. The standard InChI is InChI=1S/C19H18F2N4O3/c1-12(26)24-6-8-25(9-7-24)19(28)17-10-13(4-5-22-17)18(27)23-14-2-3-15(20)16(21)11-14/h2-5,10-11H,6-9H2,1H3,(H,23,27). The molecule has 0 radical (unpaired) electrons. The molecule has 1 fully saturated rings. The summed E-state index contributed by atoms with van der Waals surface area (Å²) < 4.78 is 26.3. The van der Waals surface area contributed by atoms with Crippen molar-refractivity contribution in [2.45, 2.75) is 6.92 Å². The molecule has 0 bridgehead atoms. The molecule has 1 N–H and O–H groups in total. The molecule has 2 heterocycles. The number of benzene rings is 1. The number of amides is 3. The lowest BCUT2D eigenvalue weighted by atomic mass is 10.2. The molecule has 28 heavy (non-hydrogen) atoms. The Labute approximate surface area is 160 Å². The fourth-order valence-corrected chi connectivity index (χ4v) is 2.85. The number of carbonyl (C=O) groups excluding carboxylic acids is 3. The van der Waals surface area contributed by atoms with Gasteiger partial charge in [-0.1, -0.05) is 0 Å². The van der Waals surface area contributed by atoms with Gasteiger partial charge >= 0.3 is 0 Å². The number of nitrogens with zero attached hydrogens (tertiary/aromatic N) is 3. The highest BCUT2D eigenvalue weighted by atomic mass is 19.2. The molecule has 3 rings (SSSR count). The third-order valence-electron chi connectivity index (χ3n) is 4.43. The summed E-state index contributed by atoms with van der Waals surface area (Å²) in [5.41, 5.74) is 0.341. The molecule has 1 aromatic carbocycles. The van der Waals surface area contributed by atoms with Crippen LogP contribution in [0.2, 0.25) is 0 Å². The van der Waals surface area contributed by atoms with Gasteiger partial charge in [0.25, 0.3) is 11.8 Å². The summed E-state index contributed by atoms with van der Waals surface area (Å²) in [6.45, 7) is 3.12. The second-order valence-electron chi connectivity index (χ2n) is 6.31. The van der Waals surface area contributed by atoms with E-state index in [0.717, 1.165) is 12.1 Å². The summed E-state index contributed by atoms with van der Waals surface area (Å²) in [6.07, 6.45) is 1.33. The Bertz CT molecular complexity index is 927. The fourth-order valence-electron chi connectivity index (χ4n) is 2.85. The number of anilines is 1. The van der Waals surface area contributed by atoms with Crippen molar-refractivity contribution in [2.24, 2.45) is 0 Å². The van der Waals surface area contributed by atoms with E-state index in [-0.39, 0.29) is 28.8 Å². The normalized spacial score (nSPS) is 14.0. The molecule has 1 aliphatic heterocycles. The van der Waals surface area contributed by atoms with Crippen molar-refractivity contribution in [1.29, 1.82) is 0 Å². The van der Waals surface area contributed by atoms with Crippen LogP contribution in [0.1, 0.15) is 27.8 Å². The van der Waals surface area contributed by atoms with Crippen LogP contribution in [0.4, 0.5) is 14.5 Å². The van der Waals surface area contributed by atoms with Gasteiger partial charge in [-0.3, -0.25) is 19.4 Å². The molecule has 1 saturated heterocycles. The minimum Gasteiger partial charge on any atom is -0.339 e. The fraction of sp³-hybridized carbons (Fsp3) is 0.263. The van der Waals surface area contributed by atoms with Gasteiger partial charge in [-0.15, -0.1) is 0 Å². The molecule has 1 aromatic heterocycles. The van der Waals surface area contributed by atoms with Crippen molar-refractivity contribution >= 4 is 23.4 Å². The third kappa shape index (κ3) is 4.30. The van der Waals surface area contributed by atoms with Gasteiger partial charge in [0, 0.05) is 56.6 Å². The van der Waals surface area contributed by atoms with E-state index in [9.17, 15) is 23.2 Å². The van der Waals surface area contributed by atoms with Gasteiger partial charge in [-0.2, -0.15) is 0 Å². The SMILES string of the molecule is CC(=O)N1CCN(C(=O)c2cc(C(=O)Nc3ccc(F)c(F)c3)ccn2)CC1. The van der Waals surface area contributed by atoms with Crippen LogP contribution in [0.3, 0.4) is 0 Å². The zero-order valence-electron chi connectivity index (χ0n) is 15.1. The monoisotopic (exact) mass is 388 g/mol. The number of piperazine rings is 1. The van der Waals surface area contributed by atoms with Crippen LogP contribution in [-0.2, 0) is 4.79 Å². The number of hydrogen-bond acceptors (Lipinski definition) is 4. The number of aromatic nitrogens is 1. The second kappa shape index (κ2) is 8.12. The van der Waals surface area contributed by atoms with E-state index in [0.29, 0.717) is 26.2 Å². The molecule has 1 aliphatic rings. The van der Waals surface area contributed by atoms with Crippen molar-refractivity contribution in [2.75, 3.05) is 31.5 Å². The van der Waals surface area contributed by atoms with Gasteiger partial charge in [-0.05, 0) is 24.3 Å². The zero-order chi connectivity index (χ0) is 20.3. The number of carbonyl (C=O) groups is 3. The number of nitrogens with one attached hydrogen (secondary N) is 1. The first-order valence-electron chi connectivity index (χ1n) is 8.62. The first-order valence-corrected chi connectivity index (χ1v) is 8.62. The van der Waals surface area contributed by atoms with Crippen LogP contribution in [0, 0.1) is 11.6 Å². The van der Waals surface area contributed by atoms with E-state index in [1.807, 2.05) is 0 Å². The largest absolute Gasteiger partial charge is 0.339 e. The highest BCUT2D eigenvalue weighted by molar-refractivity contribution is 6.05. The van der Waals surface area contributed by atoms with Gasteiger partial charge < -0.3 is 15.1 Å². The Morgan fingerprint density at radius 2 is 1.64 bits per heavy atom. The molecule has 0 spiro atoms. The van der Waals surface area contributed by atoms with E-state index in [1.165, 1.54) is 31.3 Å². The molecule has 0 aliphatic carbocycles. The lowest BCUT2D eigenvalue weighted by Crippen LogP contribution is -2.50. The van der Waals surface area contributed by atoms with E-state index in [2.05, 4.69) is 10.3 Å². The van der Waals surface area contributed by atoms with Crippen molar-refractivity contribution < 1.29 is 23.2 Å². The predicted octanol–water partition coefficient (Wildman–Crippen LogP) is 1.92. The minimum atomic E-state index is -1.08. The van der Waals surface area contributed by atoms with Gasteiger partial charge in [0.15, 0.2) is 11.6 Å². The maximum atomic E-state index is 13.3. The Balaban J connectivity index is 1.69. The average molecular weight is 388 g/mol. The van der Waals surface area contributed by atoms with Crippen LogP contribution in [-0.4, -0.2) is 58.7 Å². The highest BCUT2D eigenvalue weighted by Crippen LogP contribution is 2.15. The molecule has 146 valence electrons. The summed E-state index contributed by atoms with van der Waals surface area (Å²) in [5.74, 6) is -3.05. The number of pyridine rings is 1. The highest BCUT2D eigenvalue weighted by Gasteiger charge is 2.24. The number of hydrogen-bond donors (Lipinski definition) is 1.